The first-order valence-electron chi connectivity index (χ1n) is 6.54. The predicted octanol–water partition coefficient (Wildman–Crippen LogP) is 3.73. The van der Waals surface area contributed by atoms with Crippen LogP contribution in [-0.2, 0) is 9.53 Å². The van der Waals surface area contributed by atoms with Gasteiger partial charge in [0.1, 0.15) is 0 Å². The number of nitrogens with one attached hydrogen (secondary N) is 1. The second-order valence-corrected chi connectivity index (χ2v) is 3.55. The Kier molecular flexibility index (Phi) is 15.0. The molecule has 0 radical (unpaired) electrons. The Hall–Kier alpha value is -1.61. The van der Waals surface area contributed by atoms with Crippen molar-refractivity contribution in [3.05, 3.63) is 48.0 Å². The third-order valence-electron chi connectivity index (χ3n) is 1.98. The molecule has 0 aliphatic heterocycles. The van der Waals surface area contributed by atoms with Crippen LogP contribution < -0.4 is 5.32 Å². The molecular formula is C16H27NO2. The standard InChI is InChI=1S/C12H15NO.C2H6O.C2H6/c1-3-7-12(14)13-10(2)11-8-5-4-6-9-11;1-3-2;1-2/h3-10H,1-2H3,(H,13,14);1-2H3;1-2H3/b7-3-;;. The van der Waals surface area contributed by atoms with Crippen LogP contribution in [0.25, 0.3) is 0 Å². The number of carbonyl (C=O) groups excluding carboxylic acids is 1. The molecule has 0 aromatic heterocycles. The lowest BCUT2D eigenvalue weighted by atomic mass is 10.1. The van der Waals surface area contributed by atoms with Crippen molar-refractivity contribution >= 4 is 5.91 Å². The van der Waals surface area contributed by atoms with Gasteiger partial charge in [-0.2, -0.15) is 0 Å². The zero-order valence-electron chi connectivity index (χ0n) is 12.9. The maximum Gasteiger partial charge on any atom is 0.244 e. The van der Waals surface area contributed by atoms with Crippen molar-refractivity contribution in [2.24, 2.45) is 0 Å². The van der Waals surface area contributed by atoms with Crippen molar-refractivity contribution in [3.63, 3.8) is 0 Å². The molecule has 0 aliphatic carbocycles. The molecule has 0 fully saturated rings. The highest BCUT2D eigenvalue weighted by Gasteiger charge is 2.05. The van der Waals surface area contributed by atoms with E-state index in [2.05, 4.69) is 10.1 Å². The molecule has 1 rings (SSSR count). The SMILES string of the molecule is C/C=C\C(=O)NC(C)c1ccccc1.CC.COC. The van der Waals surface area contributed by atoms with Gasteiger partial charge >= 0.3 is 0 Å². The fourth-order valence-corrected chi connectivity index (χ4v) is 1.24. The third kappa shape index (κ3) is 11.2. The summed E-state index contributed by atoms with van der Waals surface area (Å²) >= 11 is 0. The number of ether oxygens (including phenoxy) is 1. The minimum Gasteiger partial charge on any atom is -0.388 e. The molecule has 1 amide bonds. The molecule has 1 N–H and O–H groups in total. The normalized spacial score (nSPS) is 10.6. The smallest absolute Gasteiger partial charge is 0.244 e. The molecule has 3 heteroatoms. The Morgan fingerprint density at radius 3 is 2.11 bits per heavy atom. The molecule has 0 bridgehead atoms. The maximum absolute atomic E-state index is 11.2. The lowest BCUT2D eigenvalue weighted by Crippen LogP contribution is -2.24. The molecule has 1 aromatic rings. The van der Waals surface area contributed by atoms with Crippen molar-refractivity contribution < 1.29 is 9.53 Å². The first kappa shape index (κ1) is 19.7. The number of rotatable bonds is 3. The van der Waals surface area contributed by atoms with Crippen molar-refractivity contribution in [1.82, 2.24) is 5.32 Å². The van der Waals surface area contributed by atoms with Crippen molar-refractivity contribution in [2.75, 3.05) is 14.2 Å². The number of allylic oxidation sites excluding steroid dienone is 1. The van der Waals surface area contributed by atoms with Gasteiger partial charge in [-0.1, -0.05) is 50.3 Å². The largest absolute Gasteiger partial charge is 0.388 e. The summed E-state index contributed by atoms with van der Waals surface area (Å²) in [4.78, 5) is 11.2. The van der Waals surface area contributed by atoms with E-state index < -0.39 is 0 Å². The average molecular weight is 265 g/mol. The number of benzene rings is 1. The monoisotopic (exact) mass is 265 g/mol. The van der Waals surface area contributed by atoms with E-state index >= 15 is 0 Å². The van der Waals surface area contributed by atoms with Gasteiger partial charge in [0, 0.05) is 14.2 Å². The molecule has 1 atom stereocenters. The van der Waals surface area contributed by atoms with Gasteiger partial charge in [-0.05, 0) is 25.5 Å². The van der Waals surface area contributed by atoms with E-state index in [-0.39, 0.29) is 11.9 Å². The van der Waals surface area contributed by atoms with Crippen LogP contribution in [0.4, 0.5) is 0 Å². The molecular weight excluding hydrogens is 238 g/mol. The summed E-state index contributed by atoms with van der Waals surface area (Å²) in [6.45, 7) is 7.80. The minimum atomic E-state index is -0.0520. The first-order valence-corrected chi connectivity index (χ1v) is 6.54. The zero-order valence-corrected chi connectivity index (χ0v) is 12.9. The van der Waals surface area contributed by atoms with E-state index in [0.29, 0.717) is 0 Å². The van der Waals surface area contributed by atoms with E-state index in [9.17, 15) is 4.79 Å². The summed E-state index contributed by atoms with van der Waals surface area (Å²) in [5, 5.41) is 2.87. The average Bonchev–Trinajstić information content (AvgIpc) is 2.43. The van der Waals surface area contributed by atoms with Crippen LogP contribution in [0.15, 0.2) is 42.5 Å². The van der Waals surface area contributed by atoms with E-state index in [1.165, 1.54) is 6.08 Å². The van der Waals surface area contributed by atoms with Crippen LogP contribution >= 0.6 is 0 Å². The second kappa shape index (κ2) is 14.5. The molecule has 0 spiro atoms. The summed E-state index contributed by atoms with van der Waals surface area (Å²) in [5.41, 5.74) is 1.12. The summed E-state index contributed by atoms with van der Waals surface area (Å²) in [6.07, 6.45) is 3.26. The van der Waals surface area contributed by atoms with Crippen LogP contribution in [0.5, 0.6) is 0 Å². The molecule has 0 saturated carbocycles. The molecule has 1 unspecified atom stereocenters. The molecule has 3 nitrogen and oxygen atoms in total. The van der Waals surface area contributed by atoms with Crippen LogP contribution in [0.3, 0.4) is 0 Å². The molecule has 0 aliphatic rings. The highest BCUT2D eigenvalue weighted by atomic mass is 16.4. The summed E-state index contributed by atoms with van der Waals surface area (Å²) < 4.78 is 4.25. The van der Waals surface area contributed by atoms with Crippen molar-refractivity contribution in [3.8, 4) is 0 Å². The topological polar surface area (TPSA) is 38.3 Å². The summed E-state index contributed by atoms with van der Waals surface area (Å²) in [5.74, 6) is -0.0520. The highest BCUT2D eigenvalue weighted by molar-refractivity contribution is 5.87. The van der Waals surface area contributed by atoms with E-state index in [4.69, 9.17) is 0 Å². The Bertz CT molecular complexity index is 334. The minimum absolute atomic E-state index is 0.0520. The van der Waals surface area contributed by atoms with Gasteiger partial charge in [0.2, 0.25) is 5.91 Å². The molecule has 1 aromatic carbocycles. The van der Waals surface area contributed by atoms with Gasteiger partial charge in [-0.25, -0.2) is 0 Å². The quantitative estimate of drug-likeness (QED) is 0.846. The zero-order chi connectivity index (χ0) is 15.1. The highest BCUT2D eigenvalue weighted by Crippen LogP contribution is 2.10. The molecule has 0 saturated heterocycles. The number of amides is 1. The van der Waals surface area contributed by atoms with Gasteiger partial charge in [0.25, 0.3) is 0 Å². The summed E-state index contributed by atoms with van der Waals surface area (Å²) in [7, 11) is 3.25. The number of carbonyl (C=O) groups is 1. The van der Waals surface area contributed by atoms with Gasteiger partial charge in [0.15, 0.2) is 0 Å². The molecule has 0 heterocycles. The fourth-order valence-electron chi connectivity index (χ4n) is 1.24. The first-order chi connectivity index (χ1) is 9.15. The van der Waals surface area contributed by atoms with E-state index in [0.717, 1.165) is 5.56 Å². The Balaban J connectivity index is 0. The summed E-state index contributed by atoms with van der Waals surface area (Å²) in [6, 6.07) is 9.95. The lowest BCUT2D eigenvalue weighted by Gasteiger charge is -2.12. The van der Waals surface area contributed by atoms with Crippen LogP contribution in [0.1, 0.15) is 39.3 Å². The van der Waals surface area contributed by atoms with Gasteiger partial charge in [-0.15, -0.1) is 0 Å². The third-order valence-corrected chi connectivity index (χ3v) is 1.98. The van der Waals surface area contributed by atoms with Crippen LogP contribution in [0, 0.1) is 0 Å². The second-order valence-electron chi connectivity index (χ2n) is 3.55. The van der Waals surface area contributed by atoms with E-state index in [1.54, 1.807) is 20.3 Å². The van der Waals surface area contributed by atoms with Crippen LogP contribution in [-0.4, -0.2) is 20.1 Å². The molecule has 108 valence electrons. The Labute approximate surface area is 117 Å². The maximum atomic E-state index is 11.2. The lowest BCUT2D eigenvalue weighted by molar-refractivity contribution is -0.117. The predicted molar refractivity (Wildman–Crippen MR) is 82.1 cm³/mol. The van der Waals surface area contributed by atoms with Gasteiger partial charge in [0.05, 0.1) is 6.04 Å². The van der Waals surface area contributed by atoms with Crippen LogP contribution in [0.2, 0.25) is 0 Å². The van der Waals surface area contributed by atoms with Crippen molar-refractivity contribution in [1.29, 1.82) is 0 Å². The van der Waals surface area contributed by atoms with Gasteiger partial charge in [-0.3, -0.25) is 4.79 Å². The fraction of sp³-hybridized carbons (Fsp3) is 0.438. The number of methoxy groups -OCH3 is 1. The molecule has 19 heavy (non-hydrogen) atoms. The number of hydrogen-bond acceptors (Lipinski definition) is 2. The Morgan fingerprint density at radius 2 is 1.68 bits per heavy atom. The van der Waals surface area contributed by atoms with Gasteiger partial charge < -0.3 is 10.1 Å². The van der Waals surface area contributed by atoms with E-state index in [1.807, 2.05) is 58.0 Å². The number of hydrogen-bond donors (Lipinski definition) is 1. The van der Waals surface area contributed by atoms with Crippen molar-refractivity contribution in [2.45, 2.75) is 33.7 Å². The Morgan fingerprint density at radius 1 is 1.21 bits per heavy atom.